The number of nitrogens with zero attached hydrogens (tertiary/aromatic N) is 9. The molecule has 0 radical (unpaired) electrons. The minimum atomic E-state index is -4.55. The number of nitro groups is 1. The molecule has 0 aliphatic rings. The van der Waals surface area contributed by atoms with E-state index in [0.29, 0.717) is 51.9 Å². The molecule has 0 saturated heterocycles. The Bertz CT molecular complexity index is 1850. The monoisotopic (exact) mass is 839 g/mol. The lowest BCUT2D eigenvalue weighted by molar-refractivity contribution is -0.384. The third-order valence-corrected chi connectivity index (χ3v) is 6.73. The van der Waals surface area contributed by atoms with Crippen molar-refractivity contribution in [1.82, 2.24) is 29.9 Å². The average Bonchev–Trinajstić information content (AvgIpc) is 3.19. The highest BCUT2D eigenvalue weighted by atomic mass is 19.4. The number of anilines is 6. The van der Waals surface area contributed by atoms with Crippen molar-refractivity contribution >= 4 is 46.8 Å². The molecule has 0 saturated carbocycles. The van der Waals surface area contributed by atoms with Gasteiger partial charge in [0.15, 0.2) is 13.2 Å². The second-order valence-electron chi connectivity index (χ2n) is 10.6. The van der Waals surface area contributed by atoms with Gasteiger partial charge in [-0.05, 0) is 58.0 Å². The summed E-state index contributed by atoms with van der Waals surface area (Å²) in [4.78, 5) is 48.4. The Morgan fingerprint density at radius 2 is 1.10 bits per heavy atom. The number of nitrogens with one attached hydrogen (secondary N) is 2. The predicted octanol–water partition coefficient (Wildman–Crippen LogP) is 7.58. The minimum Gasteiger partial charge on any atom is -0.478 e. The largest absolute Gasteiger partial charge is 0.478 e. The van der Waals surface area contributed by atoms with Crippen LogP contribution < -0.4 is 29.9 Å². The van der Waals surface area contributed by atoms with E-state index in [1.54, 1.807) is 9.80 Å². The lowest BCUT2D eigenvalue weighted by Gasteiger charge is -2.19. The molecule has 0 atom stereocenters. The summed E-state index contributed by atoms with van der Waals surface area (Å²) in [5.41, 5.74) is 0.682. The number of ether oxygens (including phenoxy) is 2. The Morgan fingerprint density at radius 3 is 1.47 bits per heavy atom. The Balaban J connectivity index is 0.000000534. The number of rotatable bonds is 16. The van der Waals surface area contributed by atoms with Crippen molar-refractivity contribution < 1.29 is 59.4 Å². The van der Waals surface area contributed by atoms with Crippen LogP contribution in [-0.2, 0) is 0 Å². The first kappa shape index (κ1) is 49.6. The van der Waals surface area contributed by atoms with Gasteiger partial charge in [-0.15, -0.1) is 0 Å². The summed E-state index contributed by atoms with van der Waals surface area (Å²) < 4.78 is 103. The number of non-ortho nitro benzene ring substituents is 1. The highest BCUT2D eigenvalue weighted by Crippen LogP contribution is 2.24. The van der Waals surface area contributed by atoms with E-state index in [1.807, 2.05) is 27.7 Å². The number of halogens is 8. The normalized spacial score (nSPS) is 10.6. The van der Waals surface area contributed by atoms with Crippen molar-refractivity contribution in [3.63, 3.8) is 0 Å². The van der Waals surface area contributed by atoms with E-state index in [0.717, 1.165) is 0 Å². The molecule has 0 amide bonds. The van der Waals surface area contributed by atoms with Gasteiger partial charge in [0, 0.05) is 49.7 Å². The SMILES string of the molecule is CCN(CC)c1nc(Nc2ccc(C(=O)O)cc2)nc(OCC(F)(F)F)n1.CCN(CC)c1nc(Nc2cccc([N+](=O)[O-])c2)nc(OCC(F)(F)F)n1.CF.CF. The number of benzene rings is 2. The maximum absolute atomic E-state index is 12.4. The lowest BCUT2D eigenvalue weighted by Crippen LogP contribution is -2.26. The highest BCUT2D eigenvalue weighted by molar-refractivity contribution is 5.88. The molecule has 4 rings (SSSR count). The van der Waals surface area contributed by atoms with Crippen LogP contribution in [-0.4, -0.2) is 112 Å². The summed E-state index contributed by atoms with van der Waals surface area (Å²) in [7, 11) is 1.00. The van der Waals surface area contributed by atoms with Gasteiger partial charge in [0.1, 0.15) is 0 Å². The van der Waals surface area contributed by atoms with Crippen molar-refractivity contribution in [2.24, 2.45) is 0 Å². The van der Waals surface area contributed by atoms with Gasteiger partial charge in [0.25, 0.3) is 5.69 Å². The number of aromatic nitrogens is 6. The second kappa shape index (κ2) is 24.3. The smallest absolute Gasteiger partial charge is 0.422 e. The van der Waals surface area contributed by atoms with Crippen LogP contribution in [0.15, 0.2) is 48.5 Å². The van der Waals surface area contributed by atoms with Crippen molar-refractivity contribution in [3.8, 4) is 12.0 Å². The zero-order valence-electron chi connectivity index (χ0n) is 31.9. The number of carboxylic acids is 1. The molecule has 0 spiro atoms. The van der Waals surface area contributed by atoms with Gasteiger partial charge < -0.3 is 35.0 Å². The molecule has 4 aromatic rings. The van der Waals surface area contributed by atoms with Crippen LogP contribution in [0.3, 0.4) is 0 Å². The van der Waals surface area contributed by atoms with Crippen molar-refractivity contribution in [2.45, 2.75) is 40.0 Å². The number of hydrogen-bond donors (Lipinski definition) is 3. The summed E-state index contributed by atoms with van der Waals surface area (Å²) in [5, 5.41) is 25.3. The molecule has 0 aliphatic carbocycles. The Kier molecular flexibility index (Phi) is 20.7. The van der Waals surface area contributed by atoms with Crippen LogP contribution in [0.4, 0.5) is 76.0 Å². The Morgan fingerprint density at radius 1 is 0.690 bits per heavy atom. The zero-order chi connectivity index (χ0) is 44.1. The third kappa shape index (κ3) is 17.6. The van der Waals surface area contributed by atoms with Crippen LogP contribution in [0.5, 0.6) is 12.0 Å². The van der Waals surface area contributed by atoms with Crippen LogP contribution in [0, 0.1) is 10.1 Å². The van der Waals surface area contributed by atoms with Gasteiger partial charge in [0.05, 0.1) is 24.8 Å². The summed E-state index contributed by atoms with van der Waals surface area (Å²) >= 11 is 0. The summed E-state index contributed by atoms with van der Waals surface area (Å²) in [6.45, 7) is 6.37. The van der Waals surface area contributed by atoms with E-state index < -0.39 is 48.5 Å². The quantitative estimate of drug-likeness (QED) is 0.0564. The fourth-order valence-corrected chi connectivity index (χ4v) is 4.17. The molecular formula is C33H41F8N11O6. The standard InChI is InChI=1S/C16H18F3N5O3.C15H17F3N6O3.2CH3F/c1-3-24(4-2)14-21-13(22-15(23-14)27-9-16(17,18)19)20-11-7-5-10(6-8-11)12(25)26;1-3-23(4-2)13-20-12(21-14(22-13)27-9-15(16,17)18)19-10-6-5-7-11(8-10)24(25)26;2*1-2/h5-8H,3-4,9H2,1-2H3,(H,25,26)(H,20,21,22,23);5-8H,3-4,9H2,1-2H3,(H,19,20,21,22);2*1H3. The van der Waals surface area contributed by atoms with E-state index >= 15 is 0 Å². The van der Waals surface area contributed by atoms with Gasteiger partial charge in [-0.3, -0.25) is 18.9 Å². The molecule has 58 heavy (non-hydrogen) atoms. The first-order valence-electron chi connectivity index (χ1n) is 16.7. The van der Waals surface area contributed by atoms with E-state index in [1.165, 1.54) is 48.5 Å². The second-order valence-corrected chi connectivity index (χ2v) is 10.6. The molecule has 320 valence electrons. The van der Waals surface area contributed by atoms with Crippen LogP contribution in [0.25, 0.3) is 0 Å². The molecule has 3 N–H and O–H groups in total. The molecule has 0 unspecified atom stereocenters. The number of nitro benzene ring substituents is 1. The number of aromatic carboxylic acids is 1. The third-order valence-electron chi connectivity index (χ3n) is 6.73. The Labute approximate surface area is 326 Å². The Hall–Kier alpha value is -6.43. The lowest BCUT2D eigenvalue weighted by atomic mass is 10.2. The molecule has 2 aromatic carbocycles. The average molecular weight is 840 g/mol. The van der Waals surface area contributed by atoms with Gasteiger partial charge in [-0.1, -0.05) is 6.07 Å². The summed E-state index contributed by atoms with van der Waals surface area (Å²) in [6.07, 6.45) is -9.07. The van der Waals surface area contributed by atoms with Crippen LogP contribution in [0.1, 0.15) is 38.1 Å². The molecule has 2 heterocycles. The maximum atomic E-state index is 12.4. The fourth-order valence-electron chi connectivity index (χ4n) is 4.17. The van der Waals surface area contributed by atoms with Crippen molar-refractivity contribution in [2.75, 3.05) is 74.2 Å². The molecule has 0 aliphatic heterocycles. The van der Waals surface area contributed by atoms with Crippen LogP contribution >= 0.6 is 0 Å². The molecular weight excluding hydrogens is 798 g/mol. The van der Waals surface area contributed by atoms with E-state index in [-0.39, 0.29) is 35.0 Å². The zero-order valence-corrected chi connectivity index (χ0v) is 31.9. The summed E-state index contributed by atoms with van der Waals surface area (Å²) in [5.74, 6) is -0.901. The molecule has 25 heteroatoms. The molecule has 2 aromatic heterocycles. The van der Waals surface area contributed by atoms with E-state index in [4.69, 9.17) is 5.11 Å². The predicted molar refractivity (Wildman–Crippen MR) is 197 cm³/mol. The van der Waals surface area contributed by atoms with E-state index in [2.05, 4.69) is 50.0 Å². The molecule has 0 fully saturated rings. The number of carbonyl (C=O) groups is 1. The minimum absolute atomic E-state index is 0.0212. The fraction of sp³-hybridized carbons (Fsp3) is 0.424. The topological polar surface area (TPSA) is 207 Å². The maximum Gasteiger partial charge on any atom is 0.422 e. The van der Waals surface area contributed by atoms with Crippen LogP contribution in [0.2, 0.25) is 0 Å². The van der Waals surface area contributed by atoms with Crippen molar-refractivity contribution in [1.29, 1.82) is 0 Å². The van der Waals surface area contributed by atoms with Gasteiger partial charge >= 0.3 is 30.3 Å². The summed E-state index contributed by atoms with van der Waals surface area (Å²) in [6, 6.07) is 10.3. The first-order chi connectivity index (χ1) is 27.4. The van der Waals surface area contributed by atoms with Gasteiger partial charge in [-0.25, -0.2) is 4.79 Å². The number of carboxylic acid groups (broad SMARTS) is 1. The first-order valence-corrected chi connectivity index (χ1v) is 16.7. The molecule has 17 nitrogen and oxygen atoms in total. The van der Waals surface area contributed by atoms with E-state index in [9.17, 15) is 50.0 Å². The highest BCUT2D eigenvalue weighted by Gasteiger charge is 2.30. The number of hydrogen-bond acceptors (Lipinski definition) is 15. The molecule has 0 bridgehead atoms. The van der Waals surface area contributed by atoms with Gasteiger partial charge in [-0.2, -0.15) is 56.2 Å². The van der Waals surface area contributed by atoms with Gasteiger partial charge in [0.2, 0.25) is 23.8 Å². The van der Waals surface area contributed by atoms with Crippen molar-refractivity contribution in [3.05, 3.63) is 64.2 Å². The number of alkyl halides is 8.